The average molecular weight is 157 g/mol. The molecule has 1 rings (SSSR count). The summed E-state index contributed by atoms with van der Waals surface area (Å²) in [6.07, 6.45) is 5.16. The van der Waals surface area contributed by atoms with Crippen LogP contribution in [0.1, 0.15) is 39.5 Å². The van der Waals surface area contributed by atoms with E-state index in [9.17, 15) is 0 Å². The number of hydrogen-bond donors (Lipinski definition) is 1. The second-order valence-electron chi connectivity index (χ2n) is 4.16. The number of hydrogen-bond acceptors (Lipinski definition) is 2. The molecule has 0 aromatic carbocycles. The molecule has 0 amide bonds. The first-order valence-electron chi connectivity index (χ1n) is 4.48. The van der Waals surface area contributed by atoms with Crippen LogP contribution in [0.2, 0.25) is 0 Å². The quantitative estimate of drug-likeness (QED) is 0.676. The van der Waals surface area contributed by atoms with Crippen molar-refractivity contribution in [3.8, 4) is 0 Å². The van der Waals surface area contributed by atoms with Gasteiger partial charge in [-0.15, -0.1) is 0 Å². The molecule has 1 saturated heterocycles. The minimum Gasteiger partial charge on any atom is -0.378 e. The predicted octanol–water partition coefficient (Wildman–Crippen LogP) is 1.68. The van der Waals surface area contributed by atoms with Crippen molar-refractivity contribution in [2.24, 2.45) is 5.73 Å². The van der Waals surface area contributed by atoms with Gasteiger partial charge in [0.05, 0.1) is 6.10 Å². The second kappa shape index (κ2) is 3.55. The van der Waals surface area contributed by atoms with Crippen molar-refractivity contribution in [1.82, 2.24) is 0 Å². The van der Waals surface area contributed by atoms with Crippen LogP contribution in [0.25, 0.3) is 0 Å². The van der Waals surface area contributed by atoms with Crippen molar-refractivity contribution >= 4 is 0 Å². The number of nitrogens with two attached hydrogens (primary N) is 1. The smallest absolute Gasteiger partial charge is 0.0576 e. The summed E-state index contributed by atoms with van der Waals surface area (Å²) in [5.41, 5.74) is 5.84. The zero-order valence-corrected chi connectivity index (χ0v) is 7.60. The summed E-state index contributed by atoms with van der Waals surface area (Å²) in [5, 5.41) is 0. The SMILES string of the molecule is CC(C)(N)CCC1CCCO1. The fraction of sp³-hybridized carbons (Fsp3) is 1.00. The molecule has 0 bridgehead atoms. The van der Waals surface area contributed by atoms with Gasteiger partial charge < -0.3 is 10.5 Å². The summed E-state index contributed by atoms with van der Waals surface area (Å²) in [4.78, 5) is 0. The highest BCUT2D eigenvalue weighted by atomic mass is 16.5. The van der Waals surface area contributed by atoms with Gasteiger partial charge in [0.15, 0.2) is 0 Å². The summed E-state index contributed by atoms with van der Waals surface area (Å²) in [6.45, 7) is 5.10. The molecule has 0 radical (unpaired) electrons. The van der Waals surface area contributed by atoms with Gasteiger partial charge in [-0.25, -0.2) is 0 Å². The maximum absolute atomic E-state index is 5.86. The third-order valence-electron chi connectivity index (χ3n) is 2.13. The van der Waals surface area contributed by atoms with Gasteiger partial charge in [-0.3, -0.25) is 0 Å². The van der Waals surface area contributed by atoms with E-state index in [-0.39, 0.29) is 5.54 Å². The molecule has 1 heterocycles. The minimum atomic E-state index is -0.0219. The fourth-order valence-corrected chi connectivity index (χ4v) is 1.41. The molecule has 1 unspecified atom stereocenters. The summed E-state index contributed by atoms with van der Waals surface area (Å²) >= 11 is 0. The van der Waals surface area contributed by atoms with E-state index in [1.165, 1.54) is 12.8 Å². The lowest BCUT2D eigenvalue weighted by Crippen LogP contribution is -2.32. The van der Waals surface area contributed by atoms with Crippen molar-refractivity contribution in [2.45, 2.75) is 51.2 Å². The summed E-state index contributed by atoms with van der Waals surface area (Å²) < 4.78 is 5.49. The van der Waals surface area contributed by atoms with Crippen LogP contribution in [0.4, 0.5) is 0 Å². The Morgan fingerprint density at radius 2 is 2.27 bits per heavy atom. The third kappa shape index (κ3) is 3.73. The molecule has 2 N–H and O–H groups in total. The number of ether oxygens (including phenoxy) is 1. The largest absolute Gasteiger partial charge is 0.378 e. The molecule has 1 atom stereocenters. The first kappa shape index (κ1) is 9.01. The molecule has 0 aromatic heterocycles. The molecular weight excluding hydrogens is 138 g/mol. The molecule has 2 nitrogen and oxygen atoms in total. The molecule has 1 aliphatic rings. The van der Waals surface area contributed by atoms with Crippen LogP contribution >= 0.6 is 0 Å². The highest BCUT2D eigenvalue weighted by Crippen LogP contribution is 2.19. The zero-order chi connectivity index (χ0) is 8.32. The summed E-state index contributed by atoms with van der Waals surface area (Å²) in [7, 11) is 0. The summed E-state index contributed by atoms with van der Waals surface area (Å²) in [5.74, 6) is 0. The Hall–Kier alpha value is -0.0800. The van der Waals surface area contributed by atoms with E-state index in [0.29, 0.717) is 6.10 Å². The molecule has 66 valence electrons. The van der Waals surface area contributed by atoms with Gasteiger partial charge >= 0.3 is 0 Å². The van der Waals surface area contributed by atoms with Crippen LogP contribution in [0.5, 0.6) is 0 Å². The average Bonchev–Trinajstić information content (AvgIpc) is 2.32. The molecule has 0 aromatic rings. The minimum absolute atomic E-state index is 0.0219. The van der Waals surface area contributed by atoms with Crippen LogP contribution in [0.3, 0.4) is 0 Å². The van der Waals surface area contributed by atoms with Gasteiger partial charge in [-0.05, 0) is 39.5 Å². The molecule has 0 spiro atoms. The zero-order valence-electron chi connectivity index (χ0n) is 7.60. The third-order valence-corrected chi connectivity index (χ3v) is 2.13. The summed E-state index contributed by atoms with van der Waals surface area (Å²) in [6, 6.07) is 0. The van der Waals surface area contributed by atoms with E-state index in [1.54, 1.807) is 0 Å². The molecule has 2 heteroatoms. The van der Waals surface area contributed by atoms with Crippen LogP contribution in [0, 0.1) is 0 Å². The first-order chi connectivity index (χ1) is 5.08. The Kier molecular flexibility index (Phi) is 2.90. The molecule has 1 aliphatic heterocycles. The van der Waals surface area contributed by atoms with Gasteiger partial charge in [0.25, 0.3) is 0 Å². The van der Waals surface area contributed by atoms with Gasteiger partial charge in [0.1, 0.15) is 0 Å². The van der Waals surface area contributed by atoms with Crippen LogP contribution in [0.15, 0.2) is 0 Å². The van der Waals surface area contributed by atoms with E-state index >= 15 is 0 Å². The van der Waals surface area contributed by atoms with E-state index in [0.717, 1.165) is 19.4 Å². The van der Waals surface area contributed by atoms with E-state index in [4.69, 9.17) is 10.5 Å². The van der Waals surface area contributed by atoms with Crippen LogP contribution in [-0.2, 0) is 4.74 Å². The van der Waals surface area contributed by atoms with Crippen LogP contribution in [-0.4, -0.2) is 18.2 Å². The standard InChI is InChI=1S/C9H19NO/c1-9(2,10)6-5-8-4-3-7-11-8/h8H,3-7,10H2,1-2H3. The lowest BCUT2D eigenvalue weighted by Gasteiger charge is -2.20. The Morgan fingerprint density at radius 3 is 2.73 bits per heavy atom. The van der Waals surface area contributed by atoms with E-state index in [2.05, 4.69) is 13.8 Å². The highest BCUT2D eigenvalue weighted by molar-refractivity contribution is 4.75. The van der Waals surface area contributed by atoms with Crippen molar-refractivity contribution in [1.29, 1.82) is 0 Å². The molecule has 0 aliphatic carbocycles. The Balaban J connectivity index is 2.11. The normalized spacial score (nSPS) is 25.9. The van der Waals surface area contributed by atoms with Gasteiger partial charge in [0.2, 0.25) is 0 Å². The van der Waals surface area contributed by atoms with Crippen molar-refractivity contribution < 1.29 is 4.74 Å². The van der Waals surface area contributed by atoms with E-state index < -0.39 is 0 Å². The maximum Gasteiger partial charge on any atom is 0.0576 e. The number of rotatable bonds is 3. The molecule has 11 heavy (non-hydrogen) atoms. The van der Waals surface area contributed by atoms with Crippen molar-refractivity contribution in [2.75, 3.05) is 6.61 Å². The molecular formula is C9H19NO. The predicted molar refractivity (Wildman–Crippen MR) is 46.5 cm³/mol. The second-order valence-corrected chi connectivity index (χ2v) is 4.16. The van der Waals surface area contributed by atoms with Gasteiger partial charge in [0, 0.05) is 12.1 Å². The lowest BCUT2D eigenvalue weighted by molar-refractivity contribution is 0.0977. The fourth-order valence-electron chi connectivity index (χ4n) is 1.41. The lowest BCUT2D eigenvalue weighted by atomic mass is 9.97. The van der Waals surface area contributed by atoms with Gasteiger partial charge in [-0.1, -0.05) is 0 Å². The Bertz CT molecular complexity index is 111. The van der Waals surface area contributed by atoms with E-state index in [1.807, 2.05) is 0 Å². The highest BCUT2D eigenvalue weighted by Gasteiger charge is 2.18. The maximum atomic E-state index is 5.86. The topological polar surface area (TPSA) is 35.2 Å². The van der Waals surface area contributed by atoms with Crippen molar-refractivity contribution in [3.63, 3.8) is 0 Å². The Labute approximate surface area is 69.1 Å². The van der Waals surface area contributed by atoms with Crippen LogP contribution < -0.4 is 5.73 Å². The first-order valence-corrected chi connectivity index (χ1v) is 4.48. The Morgan fingerprint density at radius 1 is 1.55 bits per heavy atom. The monoisotopic (exact) mass is 157 g/mol. The van der Waals surface area contributed by atoms with Crippen molar-refractivity contribution in [3.05, 3.63) is 0 Å². The molecule has 1 fully saturated rings. The molecule has 0 saturated carbocycles. The van der Waals surface area contributed by atoms with Gasteiger partial charge in [-0.2, -0.15) is 0 Å².